The van der Waals surface area contributed by atoms with E-state index in [9.17, 15) is 0 Å². The number of nitrogens with two attached hydrogens (primary N) is 1. The van der Waals surface area contributed by atoms with E-state index in [1.807, 2.05) is 42.6 Å². The molecule has 4 rings (SSSR count). The van der Waals surface area contributed by atoms with Gasteiger partial charge in [0.1, 0.15) is 0 Å². The molecule has 0 saturated heterocycles. The largest absolute Gasteiger partial charge is 0.398 e. The van der Waals surface area contributed by atoms with Crippen molar-refractivity contribution in [3.63, 3.8) is 0 Å². The van der Waals surface area contributed by atoms with E-state index in [4.69, 9.17) is 5.73 Å². The topological polar surface area (TPSA) is 51.8 Å². The molecule has 0 bridgehead atoms. The number of rotatable bonds is 2. The lowest BCUT2D eigenvalue weighted by Gasteiger charge is -2.06. The van der Waals surface area contributed by atoms with E-state index < -0.39 is 0 Å². The van der Waals surface area contributed by atoms with E-state index in [2.05, 4.69) is 16.0 Å². The predicted octanol–water partition coefficient (Wildman–Crippen LogP) is 4.58. The first-order valence-corrected chi connectivity index (χ1v) is 8.10. The van der Waals surface area contributed by atoms with Crippen LogP contribution in [0.2, 0.25) is 0 Å². The third-order valence-electron chi connectivity index (χ3n) is 3.28. The average Bonchev–Trinajstić information content (AvgIpc) is 2.93. The molecule has 2 aromatic heterocycles. The van der Waals surface area contributed by atoms with Crippen LogP contribution in [0, 0.1) is 0 Å². The number of nitrogens with zero attached hydrogens (tertiary/aromatic N) is 2. The first kappa shape index (κ1) is 12.6. The summed E-state index contributed by atoms with van der Waals surface area (Å²) in [5.74, 6) is 0. The fourth-order valence-corrected chi connectivity index (χ4v) is 4.41. The third kappa shape index (κ3) is 2.24. The van der Waals surface area contributed by atoms with E-state index in [0.717, 1.165) is 31.2 Å². The van der Waals surface area contributed by atoms with Gasteiger partial charge in [0.25, 0.3) is 0 Å². The number of nitrogen functional groups attached to an aromatic ring is 1. The molecule has 0 unspecified atom stereocenters. The van der Waals surface area contributed by atoms with Crippen LogP contribution >= 0.6 is 23.1 Å². The minimum atomic E-state index is 0.779. The highest BCUT2D eigenvalue weighted by molar-refractivity contribution is 8.01. The molecule has 21 heavy (non-hydrogen) atoms. The molecule has 0 aliphatic rings. The third-order valence-corrected chi connectivity index (χ3v) is 5.46. The highest BCUT2D eigenvalue weighted by atomic mass is 32.2. The minimum Gasteiger partial charge on any atom is -0.398 e. The number of hydrogen-bond acceptors (Lipinski definition) is 5. The fourth-order valence-electron chi connectivity index (χ4n) is 2.27. The van der Waals surface area contributed by atoms with Gasteiger partial charge in [-0.25, -0.2) is 4.98 Å². The van der Waals surface area contributed by atoms with Crippen LogP contribution in [-0.2, 0) is 0 Å². The Balaban J connectivity index is 1.82. The van der Waals surface area contributed by atoms with Crippen LogP contribution in [0.1, 0.15) is 0 Å². The molecule has 0 fully saturated rings. The Bertz CT molecular complexity index is 913. The molecule has 0 saturated carbocycles. The van der Waals surface area contributed by atoms with Crippen LogP contribution in [0.15, 0.2) is 64.1 Å². The van der Waals surface area contributed by atoms with Crippen molar-refractivity contribution in [3.05, 3.63) is 54.9 Å². The molecule has 2 aromatic carbocycles. The quantitative estimate of drug-likeness (QED) is 0.551. The summed E-state index contributed by atoms with van der Waals surface area (Å²) in [6.07, 6.45) is 3.63. The number of pyridine rings is 1. The van der Waals surface area contributed by atoms with Gasteiger partial charge >= 0.3 is 0 Å². The summed E-state index contributed by atoms with van der Waals surface area (Å²) < 4.78 is 2.24. The zero-order valence-electron chi connectivity index (χ0n) is 11.0. The van der Waals surface area contributed by atoms with E-state index in [1.165, 1.54) is 4.70 Å². The Morgan fingerprint density at radius 3 is 2.81 bits per heavy atom. The average molecular weight is 309 g/mol. The summed E-state index contributed by atoms with van der Waals surface area (Å²) in [7, 11) is 0. The van der Waals surface area contributed by atoms with Crippen LogP contribution in [0.4, 0.5) is 5.69 Å². The van der Waals surface area contributed by atoms with Gasteiger partial charge in [0.2, 0.25) is 0 Å². The summed E-state index contributed by atoms with van der Waals surface area (Å²) in [5, 5.41) is 2.11. The molecule has 4 aromatic rings. The number of para-hydroxylation sites is 1. The Hall–Kier alpha value is -2.11. The number of benzene rings is 2. The maximum atomic E-state index is 6.03. The van der Waals surface area contributed by atoms with Crippen LogP contribution < -0.4 is 5.73 Å². The van der Waals surface area contributed by atoms with Crippen LogP contribution in [0.25, 0.3) is 21.0 Å². The lowest BCUT2D eigenvalue weighted by molar-refractivity contribution is 1.29. The molecule has 0 aliphatic carbocycles. The molecule has 0 spiro atoms. The van der Waals surface area contributed by atoms with Crippen molar-refractivity contribution in [3.8, 4) is 0 Å². The molecular formula is C16H11N3S2. The summed E-state index contributed by atoms with van der Waals surface area (Å²) >= 11 is 3.37. The van der Waals surface area contributed by atoms with Crippen LogP contribution in [-0.4, -0.2) is 9.97 Å². The van der Waals surface area contributed by atoms with Gasteiger partial charge in [-0.2, -0.15) is 0 Å². The molecule has 0 radical (unpaired) electrons. The van der Waals surface area contributed by atoms with E-state index in [-0.39, 0.29) is 0 Å². The number of thiazole rings is 1. The zero-order valence-corrected chi connectivity index (χ0v) is 12.6. The van der Waals surface area contributed by atoms with Crippen molar-refractivity contribution in [2.45, 2.75) is 9.24 Å². The standard InChI is InChI=1S/C16H11N3S2/c17-12-5-6-14(11-9-18-8-7-10(11)12)20-16-19-13-3-1-2-4-15(13)21-16/h1-9H,17H2. The Kier molecular flexibility index (Phi) is 3.02. The van der Waals surface area contributed by atoms with Gasteiger partial charge in [-0.15, -0.1) is 11.3 Å². The van der Waals surface area contributed by atoms with Crippen molar-refractivity contribution < 1.29 is 0 Å². The molecule has 102 valence electrons. The van der Waals surface area contributed by atoms with Gasteiger partial charge < -0.3 is 5.73 Å². The van der Waals surface area contributed by atoms with Gasteiger partial charge in [-0.1, -0.05) is 23.9 Å². The molecular weight excluding hydrogens is 298 g/mol. The number of fused-ring (bicyclic) bond motifs is 2. The molecule has 2 heterocycles. The van der Waals surface area contributed by atoms with Crippen molar-refractivity contribution >= 4 is 49.8 Å². The second-order valence-electron chi connectivity index (χ2n) is 4.62. The highest BCUT2D eigenvalue weighted by Gasteiger charge is 2.09. The van der Waals surface area contributed by atoms with E-state index >= 15 is 0 Å². The Labute approximate surface area is 129 Å². The van der Waals surface area contributed by atoms with Crippen LogP contribution in [0.3, 0.4) is 0 Å². The molecule has 0 aliphatic heterocycles. The smallest absolute Gasteiger partial charge is 0.155 e. The second-order valence-corrected chi connectivity index (χ2v) is 6.94. The van der Waals surface area contributed by atoms with Gasteiger partial charge in [0.15, 0.2) is 4.34 Å². The van der Waals surface area contributed by atoms with E-state index in [1.54, 1.807) is 29.3 Å². The molecule has 0 atom stereocenters. The summed E-state index contributed by atoms with van der Waals surface area (Å²) in [5.41, 5.74) is 7.85. The van der Waals surface area contributed by atoms with E-state index in [0.29, 0.717) is 0 Å². The summed E-state index contributed by atoms with van der Waals surface area (Å²) in [6, 6.07) is 14.1. The van der Waals surface area contributed by atoms with Crippen LogP contribution in [0.5, 0.6) is 0 Å². The number of hydrogen-bond donors (Lipinski definition) is 1. The van der Waals surface area contributed by atoms with Gasteiger partial charge in [0, 0.05) is 33.7 Å². The maximum absolute atomic E-state index is 6.03. The van der Waals surface area contributed by atoms with Gasteiger partial charge in [-0.3, -0.25) is 4.98 Å². The normalized spacial score (nSPS) is 11.2. The highest BCUT2D eigenvalue weighted by Crippen LogP contribution is 2.38. The van der Waals surface area contributed by atoms with Gasteiger partial charge in [-0.05, 0) is 30.3 Å². The zero-order chi connectivity index (χ0) is 14.2. The molecule has 0 amide bonds. The summed E-state index contributed by atoms with van der Waals surface area (Å²) in [4.78, 5) is 10.0. The van der Waals surface area contributed by atoms with Crippen molar-refractivity contribution in [2.75, 3.05) is 5.73 Å². The Morgan fingerprint density at radius 2 is 1.90 bits per heavy atom. The van der Waals surface area contributed by atoms with Crippen molar-refractivity contribution in [2.24, 2.45) is 0 Å². The fraction of sp³-hybridized carbons (Fsp3) is 0. The second kappa shape index (κ2) is 5.02. The first-order chi connectivity index (χ1) is 10.3. The molecule has 5 heteroatoms. The maximum Gasteiger partial charge on any atom is 0.155 e. The lowest BCUT2D eigenvalue weighted by Crippen LogP contribution is -1.88. The van der Waals surface area contributed by atoms with Gasteiger partial charge in [0.05, 0.1) is 10.2 Å². The summed E-state index contributed by atoms with van der Waals surface area (Å²) in [6.45, 7) is 0. The van der Waals surface area contributed by atoms with Crippen molar-refractivity contribution in [1.82, 2.24) is 9.97 Å². The number of aromatic nitrogens is 2. The Morgan fingerprint density at radius 1 is 1.00 bits per heavy atom. The molecule has 2 N–H and O–H groups in total. The number of anilines is 1. The molecule has 3 nitrogen and oxygen atoms in total. The lowest BCUT2D eigenvalue weighted by atomic mass is 10.1. The SMILES string of the molecule is Nc1ccc(Sc2nc3ccccc3s2)c2cnccc12. The minimum absolute atomic E-state index is 0.779. The monoisotopic (exact) mass is 309 g/mol. The predicted molar refractivity (Wildman–Crippen MR) is 89.9 cm³/mol. The van der Waals surface area contributed by atoms with Crippen molar-refractivity contribution in [1.29, 1.82) is 0 Å². The first-order valence-electron chi connectivity index (χ1n) is 6.47.